The number of piperidine rings is 1. The number of hydrogen-bond acceptors (Lipinski definition) is 6. The van der Waals surface area contributed by atoms with Crippen molar-refractivity contribution in [2.45, 2.75) is 38.2 Å². The summed E-state index contributed by atoms with van der Waals surface area (Å²) in [6.45, 7) is 5.07. The highest BCUT2D eigenvalue weighted by Crippen LogP contribution is 2.28. The molecule has 2 aromatic rings. The molecule has 3 aliphatic heterocycles. The Morgan fingerprint density at radius 1 is 0.833 bits per heavy atom. The van der Waals surface area contributed by atoms with E-state index in [0.29, 0.717) is 13.1 Å². The molecule has 1 aromatic heterocycles. The van der Waals surface area contributed by atoms with Crippen LogP contribution in [0, 0.1) is 0 Å². The summed E-state index contributed by atoms with van der Waals surface area (Å²) in [5.41, 5.74) is 1.19. The van der Waals surface area contributed by atoms with Crippen molar-refractivity contribution < 1.29 is 9.53 Å². The quantitative estimate of drug-likeness (QED) is 0.779. The summed E-state index contributed by atoms with van der Waals surface area (Å²) in [5, 5.41) is 8.93. The summed E-state index contributed by atoms with van der Waals surface area (Å²) in [4.78, 5) is 19.4. The molecule has 2 fully saturated rings. The first-order valence-corrected chi connectivity index (χ1v) is 11.1. The number of anilines is 2. The Labute approximate surface area is 177 Å². The Morgan fingerprint density at radius 3 is 2.20 bits per heavy atom. The SMILES string of the molecule is O=C(C1CCc2ccccc2O1)N1CCN(c2ccc(N3CCCCC3)nn2)CC1. The first kappa shape index (κ1) is 19.2. The summed E-state index contributed by atoms with van der Waals surface area (Å²) in [6.07, 6.45) is 5.05. The number of benzene rings is 1. The van der Waals surface area contributed by atoms with Gasteiger partial charge in [-0.2, -0.15) is 0 Å². The minimum Gasteiger partial charge on any atom is -0.480 e. The lowest BCUT2D eigenvalue weighted by molar-refractivity contribution is -0.139. The van der Waals surface area contributed by atoms with Crippen molar-refractivity contribution in [2.75, 3.05) is 49.1 Å². The number of hydrogen-bond donors (Lipinski definition) is 0. The highest BCUT2D eigenvalue weighted by atomic mass is 16.5. The number of fused-ring (bicyclic) bond motifs is 1. The first-order valence-electron chi connectivity index (χ1n) is 11.1. The number of para-hydroxylation sites is 1. The van der Waals surface area contributed by atoms with Gasteiger partial charge in [0, 0.05) is 39.3 Å². The normalized spacial score (nSPS) is 21.7. The predicted molar refractivity (Wildman–Crippen MR) is 116 cm³/mol. The summed E-state index contributed by atoms with van der Waals surface area (Å²) in [5.74, 6) is 2.83. The third-order valence-electron chi connectivity index (χ3n) is 6.42. The van der Waals surface area contributed by atoms with Crippen LogP contribution in [-0.4, -0.2) is 66.4 Å². The van der Waals surface area contributed by atoms with Crippen LogP contribution in [0.5, 0.6) is 5.75 Å². The number of piperazine rings is 1. The van der Waals surface area contributed by atoms with Crippen LogP contribution in [0.1, 0.15) is 31.2 Å². The first-order chi connectivity index (χ1) is 14.8. The smallest absolute Gasteiger partial charge is 0.263 e. The largest absolute Gasteiger partial charge is 0.480 e. The number of carbonyl (C=O) groups excluding carboxylic acids is 1. The maximum absolute atomic E-state index is 13.0. The number of aromatic nitrogens is 2. The van der Waals surface area contributed by atoms with E-state index in [1.54, 1.807) is 0 Å². The van der Waals surface area contributed by atoms with Gasteiger partial charge in [-0.25, -0.2) is 0 Å². The molecular weight excluding hydrogens is 378 g/mol. The monoisotopic (exact) mass is 407 g/mol. The van der Waals surface area contributed by atoms with Crippen LogP contribution < -0.4 is 14.5 Å². The fraction of sp³-hybridized carbons (Fsp3) is 0.522. The van der Waals surface area contributed by atoms with Gasteiger partial charge in [-0.3, -0.25) is 4.79 Å². The molecule has 0 radical (unpaired) electrons. The molecule has 5 rings (SSSR count). The van der Waals surface area contributed by atoms with Gasteiger partial charge in [0.15, 0.2) is 17.7 Å². The van der Waals surface area contributed by atoms with Crippen LogP contribution >= 0.6 is 0 Å². The van der Waals surface area contributed by atoms with Gasteiger partial charge in [0.25, 0.3) is 5.91 Å². The maximum atomic E-state index is 13.0. The van der Waals surface area contributed by atoms with Gasteiger partial charge in [0.1, 0.15) is 5.75 Å². The van der Waals surface area contributed by atoms with Crippen LogP contribution in [0.15, 0.2) is 36.4 Å². The molecule has 0 spiro atoms. The van der Waals surface area contributed by atoms with Gasteiger partial charge in [0.05, 0.1) is 0 Å². The Kier molecular flexibility index (Phi) is 5.43. The zero-order chi connectivity index (χ0) is 20.3. The van der Waals surface area contributed by atoms with Gasteiger partial charge < -0.3 is 19.4 Å². The van der Waals surface area contributed by atoms with Gasteiger partial charge in [0.2, 0.25) is 0 Å². The van der Waals surface area contributed by atoms with E-state index in [9.17, 15) is 4.79 Å². The summed E-state index contributed by atoms with van der Waals surface area (Å²) < 4.78 is 6.00. The Morgan fingerprint density at radius 2 is 1.50 bits per heavy atom. The average Bonchev–Trinajstić information content (AvgIpc) is 2.84. The lowest BCUT2D eigenvalue weighted by Gasteiger charge is -2.37. The van der Waals surface area contributed by atoms with Crippen molar-refractivity contribution in [3.63, 3.8) is 0 Å². The molecule has 3 aliphatic rings. The van der Waals surface area contributed by atoms with Crippen molar-refractivity contribution in [2.24, 2.45) is 0 Å². The van der Waals surface area contributed by atoms with Crippen molar-refractivity contribution >= 4 is 17.5 Å². The van der Waals surface area contributed by atoms with E-state index in [-0.39, 0.29) is 12.0 Å². The van der Waals surface area contributed by atoms with E-state index >= 15 is 0 Å². The van der Waals surface area contributed by atoms with Gasteiger partial charge in [-0.05, 0) is 55.9 Å². The van der Waals surface area contributed by atoms with Crippen molar-refractivity contribution in [1.82, 2.24) is 15.1 Å². The molecule has 7 heteroatoms. The zero-order valence-corrected chi connectivity index (χ0v) is 17.4. The predicted octanol–water partition coefficient (Wildman–Crippen LogP) is 2.51. The van der Waals surface area contributed by atoms with Crippen molar-refractivity contribution in [3.05, 3.63) is 42.0 Å². The Balaban J connectivity index is 1.16. The summed E-state index contributed by atoms with van der Waals surface area (Å²) in [7, 11) is 0. The molecule has 0 bridgehead atoms. The molecule has 1 aromatic carbocycles. The number of amides is 1. The molecule has 30 heavy (non-hydrogen) atoms. The molecule has 1 atom stereocenters. The van der Waals surface area contributed by atoms with E-state index in [0.717, 1.165) is 56.4 Å². The minimum absolute atomic E-state index is 0.107. The maximum Gasteiger partial charge on any atom is 0.263 e. The molecule has 1 amide bonds. The topological polar surface area (TPSA) is 61.8 Å². The van der Waals surface area contributed by atoms with Crippen LogP contribution in [0.2, 0.25) is 0 Å². The van der Waals surface area contributed by atoms with Gasteiger partial charge >= 0.3 is 0 Å². The summed E-state index contributed by atoms with van der Waals surface area (Å²) >= 11 is 0. The molecule has 7 nitrogen and oxygen atoms in total. The van der Waals surface area contributed by atoms with Crippen LogP contribution in [-0.2, 0) is 11.2 Å². The van der Waals surface area contributed by atoms with Crippen LogP contribution in [0.25, 0.3) is 0 Å². The number of carbonyl (C=O) groups is 1. The van der Waals surface area contributed by atoms with Gasteiger partial charge in [-0.15, -0.1) is 10.2 Å². The van der Waals surface area contributed by atoms with E-state index < -0.39 is 0 Å². The summed E-state index contributed by atoms with van der Waals surface area (Å²) in [6, 6.07) is 12.2. The highest BCUT2D eigenvalue weighted by Gasteiger charge is 2.31. The second-order valence-corrected chi connectivity index (χ2v) is 8.36. The lowest BCUT2D eigenvalue weighted by Crippen LogP contribution is -2.53. The Bertz CT molecular complexity index is 873. The molecule has 0 aliphatic carbocycles. The van der Waals surface area contributed by atoms with Crippen molar-refractivity contribution in [3.8, 4) is 5.75 Å². The highest BCUT2D eigenvalue weighted by molar-refractivity contribution is 5.82. The molecular formula is C23H29N5O2. The van der Waals surface area contributed by atoms with E-state index in [1.807, 2.05) is 23.1 Å². The number of rotatable bonds is 3. The van der Waals surface area contributed by atoms with E-state index in [4.69, 9.17) is 4.74 Å². The average molecular weight is 408 g/mol. The van der Waals surface area contributed by atoms with Crippen LogP contribution in [0.3, 0.4) is 0 Å². The molecule has 1 unspecified atom stereocenters. The molecule has 158 valence electrons. The van der Waals surface area contributed by atoms with Gasteiger partial charge in [-0.1, -0.05) is 18.2 Å². The standard InChI is InChI=1S/C23H29N5O2/c29-23(20-9-8-18-6-2-3-7-19(18)30-20)28-16-14-27(15-17-28)22-11-10-21(24-25-22)26-12-4-1-5-13-26/h2-3,6-7,10-11,20H,1,4-5,8-9,12-17H2. The molecule has 4 heterocycles. The fourth-order valence-electron chi connectivity index (χ4n) is 4.64. The fourth-order valence-corrected chi connectivity index (χ4v) is 4.64. The van der Waals surface area contributed by atoms with Crippen molar-refractivity contribution in [1.29, 1.82) is 0 Å². The second kappa shape index (κ2) is 8.50. The Hall–Kier alpha value is -2.83. The third kappa shape index (κ3) is 3.93. The number of nitrogens with zero attached hydrogens (tertiary/aromatic N) is 5. The number of ether oxygens (including phenoxy) is 1. The van der Waals surface area contributed by atoms with Crippen LogP contribution in [0.4, 0.5) is 11.6 Å². The molecule has 2 saturated heterocycles. The molecule has 0 saturated carbocycles. The van der Waals surface area contributed by atoms with E-state index in [2.05, 4.69) is 38.2 Å². The second-order valence-electron chi connectivity index (χ2n) is 8.36. The third-order valence-corrected chi connectivity index (χ3v) is 6.42. The molecule has 0 N–H and O–H groups in total. The van der Waals surface area contributed by atoms with E-state index in [1.165, 1.54) is 24.8 Å². The number of aryl methyl sites for hydroxylation is 1. The lowest BCUT2D eigenvalue weighted by atomic mass is 10.0. The zero-order valence-electron chi connectivity index (χ0n) is 17.4. The minimum atomic E-state index is -0.366.